The van der Waals surface area contributed by atoms with Gasteiger partial charge in [0.15, 0.2) is 0 Å². The average molecular weight is 209 g/mol. The summed E-state index contributed by atoms with van der Waals surface area (Å²) in [6.45, 7) is 2.17. The van der Waals surface area contributed by atoms with E-state index >= 15 is 0 Å². The van der Waals surface area contributed by atoms with Gasteiger partial charge in [-0.25, -0.2) is 4.79 Å². The zero-order valence-electron chi connectivity index (χ0n) is 7.82. The van der Waals surface area contributed by atoms with Crippen LogP contribution in [0, 0.1) is 0 Å². The molecular weight excluding hydrogens is 198 g/mol. The van der Waals surface area contributed by atoms with Gasteiger partial charge in [0.2, 0.25) is 0 Å². The summed E-state index contributed by atoms with van der Waals surface area (Å²) >= 11 is 4.63. The number of nitrogens with one attached hydrogen (secondary N) is 1. The van der Waals surface area contributed by atoms with E-state index in [1.165, 1.54) is 5.49 Å². The summed E-state index contributed by atoms with van der Waals surface area (Å²) in [6.07, 6.45) is 0. The van der Waals surface area contributed by atoms with Crippen molar-refractivity contribution >= 4 is 29.4 Å². The molecule has 0 amide bonds. The van der Waals surface area contributed by atoms with Gasteiger partial charge in [0.1, 0.15) is 0 Å². The molecular formula is C10H11NO2S. The first-order chi connectivity index (χ1) is 6.77. The van der Waals surface area contributed by atoms with E-state index in [1.807, 2.05) is 0 Å². The Morgan fingerprint density at radius 1 is 1.50 bits per heavy atom. The number of hydrogen-bond acceptors (Lipinski definition) is 3. The van der Waals surface area contributed by atoms with Gasteiger partial charge in [0, 0.05) is 5.69 Å². The maximum atomic E-state index is 11.2. The molecule has 0 saturated carbocycles. The Kier molecular flexibility index (Phi) is 4.07. The van der Waals surface area contributed by atoms with Crippen LogP contribution in [0.5, 0.6) is 0 Å². The third-order valence-electron chi connectivity index (χ3n) is 1.62. The number of thiocarbonyl (C=S) groups is 1. The lowest BCUT2D eigenvalue weighted by molar-refractivity contribution is 0.0526. The largest absolute Gasteiger partial charge is 0.462 e. The summed E-state index contributed by atoms with van der Waals surface area (Å²) in [5, 5.41) is 2.84. The predicted octanol–water partition coefficient (Wildman–Crippen LogP) is 2.23. The molecule has 74 valence electrons. The minimum atomic E-state index is -0.304. The highest BCUT2D eigenvalue weighted by molar-refractivity contribution is 7.79. The van der Waals surface area contributed by atoms with Crippen molar-refractivity contribution in [2.75, 3.05) is 11.9 Å². The van der Waals surface area contributed by atoms with Gasteiger partial charge >= 0.3 is 5.97 Å². The zero-order chi connectivity index (χ0) is 10.4. The molecule has 1 aromatic carbocycles. The second-order valence-corrected chi connectivity index (χ2v) is 2.80. The van der Waals surface area contributed by atoms with E-state index in [9.17, 15) is 4.79 Å². The van der Waals surface area contributed by atoms with Crippen molar-refractivity contribution in [2.24, 2.45) is 0 Å². The Morgan fingerprint density at radius 2 is 2.14 bits per heavy atom. The second kappa shape index (κ2) is 5.34. The molecule has 0 aliphatic heterocycles. The molecule has 0 spiro atoms. The minimum Gasteiger partial charge on any atom is -0.462 e. The van der Waals surface area contributed by atoms with E-state index in [0.717, 1.165) is 5.69 Å². The van der Waals surface area contributed by atoms with Crippen molar-refractivity contribution in [3.05, 3.63) is 29.8 Å². The quantitative estimate of drug-likeness (QED) is 0.609. The Balaban J connectivity index is 2.72. The normalized spacial score (nSPS) is 9.21. The first kappa shape index (κ1) is 10.7. The van der Waals surface area contributed by atoms with Crippen LogP contribution in [0.15, 0.2) is 24.3 Å². The van der Waals surface area contributed by atoms with Gasteiger partial charge in [0.05, 0.1) is 17.7 Å². The summed E-state index contributed by atoms with van der Waals surface area (Å²) in [5.41, 5.74) is 2.81. The van der Waals surface area contributed by atoms with Crippen LogP contribution < -0.4 is 5.32 Å². The van der Waals surface area contributed by atoms with Crippen LogP contribution in [-0.4, -0.2) is 18.1 Å². The number of esters is 1. The van der Waals surface area contributed by atoms with E-state index in [-0.39, 0.29) is 5.97 Å². The fourth-order valence-electron chi connectivity index (χ4n) is 0.985. The lowest BCUT2D eigenvalue weighted by atomic mass is 10.2. The van der Waals surface area contributed by atoms with E-state index in [0.29, 0.717) is 12.2 Å². The number of anilines is 1. The molecule has 0 radical (unpaired) electrons. The third-order valence-corrected chi connectivity index (χ3v) is 1.74. The summed E-state index contributed by atoms with van der Waals surface area (Å²) < 4.78 is 4.84. The van der Waals surface area contributed by atoms with E-state index in [4.69, 9.17) is 4.74 Å². The van der Waals surface area contributed by atoms with Crippen molar-refractivity contribution < 1.29 is 9.53 Å². The number of carbonyl (C=O) groups is 1. The first-order valence-corrected chi connectivity index (χ1v) is 4.72. The van der Waals surface area contributed by atoms with Crippen LogP contribution in [0.4, 0.5) is 5.69 Å². The predicted molar refractivity (Wildman–Crippen MR) is 59.7 cm³/mol. The topological polar surface area (TPSA) is 38.3 Å². The summed E-state index contributed by atoms with van der Waals surface area (Å²) in [6, 6.07) is 6.93. The molecule has 0 unspecified atom stereocenters. The fraction of sp³-hybridized carbons (Fsp3) is 0.200. The number of hydrogen-bond donors (Lipinski definition) is 1. The van der Waals surface area contributed by atoms with E-state index < -0.39 is 0 Å². The lowest BCUT2D eigenvalue weighted by Crippen LogP contribution is -2.04. The van der Waals surface area contributed by atoms with Crippen molar-refractivity contribution in [2.45, 2.75) is 6.92 Å². The molecule has 0 bridgehead atoms. The van der Waals surface area contributed by atoms with Gasteiger partial charge in [-0.1, -0.05) is 12.2 Å². The highest BCUT2D eigenvalue weighted by Gasteiger charge is 2.04. The molecule has 0 aromatic heterocycles. The van der Waals surface area contributed by atoms with E-state index in [2.05, 4.69) is 17.5 Å². The van der Waals surface area contributed by atoms with Crippen molar-refractivity contribution in [1.29, 1.82) is 0 Å². The Morgan fingerprint density at radius 3 is 2.64 bits per heavy atom. The van der Waals surface area contributed by atoms with Crippen molar-refractivity contribution in [3.8, 4) is 0 Å². The molecule has 14 heavy (non-hydrogen) atoms. The highest BCUT2D eigenvalue weighted by atomic mass is 32.1. The van der Waals surface area contributed by atoms with Gasteiger partial charge in [-0.2, -0.15) is 0 Å². The van der Waals surface area contributed by atoms with Gasteiger partial charge in [-0.3, -0.25) is 0 Å². The van der Waals surface area contributed by atoms with Crippen molar-refractivity contribution in [1.82, 2.24) is 0 Å². The Hall–Kier alpha value is -1.42. The van der Waals surface area contributed by atoms with Gasteiger partial charge < -0.3 is 10.1 Å². The Labute approximate surface area is 88.1 Å². The molecule has 0 aliphatic carbocycles. The number of carbonyl (C=O) groups excluding carboxylic acids is 1. The van der Waals surface area contributed by atoms with Gasteiger partial charge in [0.25, 0.3) is 0 Å². The first-order valence-electron chi connectivity index (χ1n) is 4.25. The van der Waals surface area contributed by atoms with Crippen LogP contribution >= 0.6 is 12.2 Å². The van der Waals surface area contributed by atoms with Crippen LogP contribution in [0.25, 0.3) is 0 Å². The number of rotatable bonds is 4. The van der Waals surface area contributed by atoms with Crippen LogP contribution in [-0.2, 0) is 4.74 Å². The summed E-state index contributed by atoms with van der Waals surface area (Å²) in [7, 11) is 0. The molecule has 0 atom stereocenters. The monoisotopic (exact) mass is 209 g/mol. The fourth-order valence-corrected chi connectivity index (χ4v) is 1.12. The zero-order valence-corrected chi connectivity index (χ0v) is 8.64. The highest BCUT2D eigenvalue weighted by Crippen LogP contribution is 2.09. The maximum absolute atomic E-state index is 11.2. The molecule has 0 fully saturated rings. The molecule has 0 aliphatic rings. The molecule has 0 heterocycles. The molecule has 0 saturated heterocycles. The standard InChI is InChI=1S/C10H11NO2S/c1-2-13-10(12)8-3-5-9(6-4-8)11-7-14/h3-7H,2H2,1H3,(H,11,14). The number of ether oxygens (including phenoxy) is 1. The average Bonchev–Trinajstić information content (AvgIpc) is 2.20. The summed E-state index contributed by atoms with van der Waals surface area (Å²) in [4.78, 5) is 11.2. The summed E-state index contributed by atoms with van der Waals surface area (Å²) in [5.74, 6) is -0.304. The van der Waals surface area contributed by atoms with Crippen LogP contribution in [0.1, 0.15) is 17.3 Å². The molecule has 4 heteroatoms. The minimum absolute atomic E-state index is 0.304. The van der Waals surface area contributed by atoms with E-state index in [1.54, 1.807) is 31.2 Å². The van der Waals surface area contributed by atoms with Crippen molar-refractivity contribution in [3.63, 3.8) is 0 Å². The third kappa shape index (κ3) is 2.81. The number of benzene rings is 1. The Bertz CT molecular complexity index is 321. The SMILES string of the molecule is CCOC(=O)c1ccc(NC=S)cc1. The van der Waals surface area contributed by atoms with Gasteiger partial charge in [-0.15, -0.1) is 0 Å². The maximum Gasteiger partial charge on any atom is 0.338 e. The molecule has 1 rings (SSSR count). The van der Waals surface area contributed by atoms with Crippen LogP contribution in [0.3, 0.4) is 0 Å². The smallest absolute Gasteiger partial charge is 0.338 e. The molecule has 1 N–H and O–H groups in total. The van der Waals surface area contributed by atoms with Gasteiger partial charge in [-0.05, 0) is 31.2 Å². The lowest BCUT2D eigenvalue weighted by Gasteiger charge is -2.02. The van der Waals surface area contributed by atoms with Crippen LogP contribution in [0.2, 0.25) is 0 Å². The second-order valence-electron chi connectivity index (χ2n) is 2.56. The molecule has 3 nitrogen and oxygen atoms in total. The molecule has 1 aromatic rings.